The molecular weight excluding hydrogens is 252 g/mol. The first-order valence-corrected chi connectivity index (χ1v) is 6.43. The molecule has 0 radical (unpaired) electrons. The Morgan fingerprint density at radius 2 is 2.00 bits per heavy atom. The third-order valence-corrected chi connectivity index (χ3v) is 3.06. The summed E-state index contributed by atoms with van der Waals surface area (Å²) < 4.78 is 0. The number of H-pyrrole nitrogens is 1. The molecule has 3 aromatic rings. The minimum atomic E-state index is 0.703. The Kier molecular flexibility index (Phi) is 3.20. The quantitative estimate of drug-likeness (QED) is 0.676. The van der Waals surface area contributed by atoms with Gasteiger partial charge in [0.25, 0.3) is 0 Å². The number of benzene rings is 1. The second-order valence-electron chi connectivity index (χ2n) is 4.57. The van der Waals surface area contributed by atoms with Crippen LogP contribution in [0.4, 0.5) is 11.6 Å². The van der Waals surface area contributed by atoms with Crippen LogP contribution in [-0.4, -0.2) is 27.0 Å². The first-order chi connectivity index (χ1) is 9.74. The number of aromatic amines is 1. The number of rotatable bonds is 4. The van der Waals surface area contributed by atoms with Crippen LogP contribution in [0.5, 0.6) is 0 Å². The van der Waals surface area contributed by atoms with Gasteiger partial charge in [0.2, 0.25) is 0 Å². The van der Waals surface area contributed by atoms with Gasteiger partial charge in [-0.3, -0.25) is 0 Å². The molecule has 0 aliphatic heterocycles. The van der Waals surface area contributed by atoms with Gasteiger partial charge in [-0.05, 0) is 24.6 Å². The second-order valence-corrected chi connectivity index (χ2v) is 4.57. The van der Waals surface area contributed by atoms with Crippen LogP contribution in [0.3, 0.4) is 0 Å². The molecule has 6 nitrogen and oxygen atoms in total. The molecule has 20 heavy (non-hydrogen) atoms. The molecule has 1 aromatic carbocycles. The highest BCUT2D eigenvalue weighted by molar-refractivity contribution is 5.75. The number of fused-ring (bicyclic) bond motifs is 1. The van der Waals surface area contributed by atoms with Crippen molar-refractivity contribution in [1.29, 1.82) is 0 Å². The number of hydrogen-bond acceptors (Lipinski definition) is 5. The fourth-order valence-corrected chi connectivity index (χ4v) is 2.08. The number of nitrogens with zero attached hydrogens (tertiary/aromatic N) is 3. The van der Waals surface area contributed by atoms with Crippen LogP contribution in [0.15, 0.2) is 30.6 Å². The number of hydrogen-bond donors (Lipinski definition) is 3. The van der Waals surface area contributed by atoms with Crippen molar-refractivity contribution < 1.29 is 0 Å². The Hall–Kier alpha value is -2.63. The minimum absolute atomic E-state index is 0.703. The summed E-state index contributed by atoms with van der Waals surface area (Å²) in [6.07, 6.45) is 1.54. The van der Waals surface area contributed by atoms with Gasteiger partial charge in [-0.1, -0.05) is 6.07 Å². The molecule has 3 rings (SSSR count). The van der Waals surface area contributed by atoms with E-state index in [0.717, 1.165) is 28.5 Å². The Labute approximate surface area is 116 Å². The monoisotopic (exact) mass is 268 g/mol. The average molecular weight is 268 g/mol. The van der Waals surface area contributed by atoms with Crippen molar-refractivity contribution in [3.05, 3.63) is 42.0 Å². The van der Waals surface area contributed by atoms with E-state index < -0.39 is 0 Å². The highest BCUT2D eigenvalue weighted by Gasteiger charge is 2.02. The number of anilines is 2. The van der Waals surface area contributed by atoms with E-state index in [-0.39, 0.29) is 0 Å². The van der Waals surface area contributed by atoms with Gasteiger partial charge in [-0.15, -0.1) is 0 Å². The van der Waals surface area contributed by atoms with Crippen molar-refractivity contribution in [1.82, 2.24) is 19.9 Å². The molecule has 102 valence electrons. The van der Waals surface area contributed by atoms with E-state index in [2.05, 4.69) is 42.7 Å². The molecule has 0 unspecified atom stereocenters. The Balaban J connectivity index is 1.75. The molecule has 0 fully saturated rings. The fourth-order valence-electron chi connectivity index (χ4n) is 2.08. The molecule has 0 saturated heterocycles. The van der Waals surface area contributed by atoms with Gasteiger partial charge in [-0.2, -0.15) is 0 Å². The first-order valence-electron chi connectivity index (χ1n) is 6.43. The maximum absolute atomic E-state index is 4.39. The van der Waals surface area contributed by atoms with E-state index in [1.807, 2.05) is 26.1 Å². The Morgan fingerprint density at radius 3 is 2.85 bits per heavy atom. The van der Waals surface area contributed by atoms with Gasteiger partial charge in [-0.25, -0.2) is 15.0 Å². The first kappa shape index (κ1) is 12.4. The molecule has 0 aliphatic carbocycles. The number of aromatic nitrogens is 4. The molecule has 0 bridgehead atoms. The maximum Gasteiger partial charge on any atom is 0.131 e. The molecule has 3 N–H and O–H groups in total. The van der Waals surface area contributed by atoms with Gasteiger partial charge in [0.15, 0.2) is 0 Å². The van der Waals surface area contributed by atoms with Gasteiger partial charge < -0.3 is 15.6 Å². The molecule has 2 heterocycles. The van der Waals surface area contributed by atoms with Crippen LogP contribution in [0, 0.1) is 6.92 Å². The van der Waals surface area contributed by atoms with E-state index in [0.29, 0.717) is 6.54 Å². The van der Waals surface area contributed by atoms with Gasteiger partial charge in [0.1, 0.15) is 23.8 Å². The average Bonchev–Trinajstić information content (AvgIpc) is 2.84. The zero-order chi connectivity index (χ0) is 13.9. The SMILES string of the molecule is CNc1cc(NCc2ccc3nc(C)[nH]c3c2)ncn1. The molecule has 0 amide bonds. The fraction of sp³-hybridized carbons (Fsp3) is 0.214. The molecule has 0 aliphatic rings. The lowest BCUT2D eigenvalue weighted by Gasteiger charge is -2.06. The highest BCUT2D eigenvalue weighted by atomic mass is 15.1. The van der Waals surface area contributed by atoms with E-state index in [1.54, 1.807) is 0 Å². The van der Waals surface area contributed by atoms with Crippen LogP contribution >= 0.6 is 0 Å². The van der Waals surface area contributed by atoms with Gasteiger partial charge >= 0.3 is 0 Å². The van der Waals surface area contributed by atoms with E-state index in [9.17, 15) is 0 Å². The lowest BCUT2D eigenvalue weighted by atomic mass is 10.2. The molecule has 0 atom stereocenters. The number of aryl methyl sites for hydroxylation is 1. The predicted octanol–water partition coefficient (Wildman–Crippen LogP) is 2.32. The summed E-state index contributed by atoms with van der Waals surface area (Å²) in [5, 5.41) is 6.27. The highest BCUT2D eigenvalue weighted by Crippen LogP contribution is 2.15. The lowest BCUT2D eigenvalue weighted by molar-refractivity contribution is 1.08. The molecule has 0 saturated carbocycles. The molecule has 6 heteroatoms. The summed E-state index contributed by atoms with van der Waals surface area (Å²) in [5.74, 6) is 2.52. The summed E-state index contributed by atoms with van der Waals surface area (Å²) in [6, 6.07) is 8.06. The largest absolute Gasteiger partial charge is 0.373 e. The zero-order valence-electron chi connectivity index (χ0n) is 11.4. The van der Waals surface area contributed by atoms with Crippen LogP contribution in [0.25, 0.3) is 11.0 Å². The summed E-state index contributed by atoms with van der Waals surface area (Å²) in [4.78, 5) is 15.9. The normalized spacial score (nSPS) is 10.7. The summed E-state index contributed by atoms with van der Waals surface area (Å²) >= 11 is 0. The third kappa shape index (κ3) is 2.54. The van der Waals surface area contributed by atoms with Crippen molar-refractivity contribution in [2.24, 2.45) is 0 Å². The molecular formula is C14H16N6. The summed E-state index contributed by atoms with van der Waals surface area (Å²) in [7, 11) is 1.83. The molecule has 2 aromatic heterocycles. The van der Waals surface area contributed by atoms with Crippen molar-refractivity contribution in [3.63, 3.8) is 0 Å². The van der Waals surface area contributed by atoms with E-state index in [1.165, 1.54) is 11.9 Å². The Bertz CT molecular complexity index is 733. The van der Waals surface area contributed by atoms with Crippen molar-refractivity contribution in [2.75, 3.05) is 17.7 Å². The lowest BCUT2D eigenvalue weighted by Crippen LogP contribution is -2.03. The van der Waals surface area contributed by atoms with Crippen LogP contribution < -0.4 is 10.6 Å². The van der Waals surface area contributed by atoms with E-state index in [4.69, 9.17) is 0 Å². The van der Waals surface area contributed by atoms with E-state index >= 15 is 0 Å². The smallest absolute Gasteiger partial charge is 0.131 e. The number of imidazole rings is 1. The van der Waals surface area contributed by atoms with Crippen LogP contribution in [-0.2, 0) is 6.54 Å². The van der Waals surface area contributed by atoms with Crippen LogP contribution in [0.1, 0.15) is 11.4 Å². The third-order valence-electron chi connectivity index (χ3n) is 3.06. The maximum atomic E-state index is 4.39. The van der Waals surface area contributed by atoms with Crippen LogP contribution in [0.2, 0.25) is 0 Å². The minimum Gasteiger partial charge on any atom is -0.373 e. The number of nitrogens with one attached hydrogen (secondary N) is 3. The van der Waals surface area contributed by atoms with Gasteiger partial charge in [0.05, 0.1) is 11.0 Å². The Morgan fingerprint density at radius 1 is 1.15 bits per heavy atom. The topological polar surface area (TPSA) is 78.5 Å². The standard InChI is InChI=1S/C14H16N6/c1-9-19-11-4-3-10(5-12(11)20-9)7-16-14-6-13(15-2)17-8-18-14/h3-6,8H,7H2,1-2H3,(H,19,20)(H2,15,16,17,18). The molecule has 0 spiro atoms. The van der Waals surface area contributed by atoms with Crippen molar-refractivity contribution in [2.45, 2.75) is 13.5 Å². The van der Waals surface area contributed by atoms with Gasteiger partial charge in [0, 0.05) is 19.7 Å². The van der Waals surface area contributed by atoms with Crippen molar-refractivity contribution >= 4 is 22.7 Å². The summed E-state index contributed by atoms with van der Waals surface area (Å²) in [6.45, 7) is 2.66. The zero-order valence-corrected chi connectivity index (χ0v) is 11.4. The summed E-state index contributed by atoms with van der Waals surface area (Å²) in [5.41, 5.74) is 3.22. The predicted molar refractivity (Wildman–Crippen MR) is 79.7 cm³/mol. The second kappa shape index (κ2) is 5.16. The van der Waals surface area contributed by atoms with Crippen molar-refractivity contribution in [3.8, 4) is 0 Å².